The fraction of sp³-hybridized carbons (Fsp3) is 0.115. The summed E-state index contributed by atoms with van der Waals surface area (Å²) in [5.41, 5.74) is 3.68. The summed E-state index contributed by atoms with van der Waals surface area (Å²) < 4.78 is 2.98. The van der Waals surface area contributed by atoms with E-state index in [-0.39, 0.29) is 16.7 Å². The lowest BCUT2D eigenvalue weighted by Gasteiger charge is -2.17. The maximum Gasteiger partial charge on any atom is 0.294 e. The number of nitrogens with zero attached hydrogens (tertiary/aromatic N) is 3. The first-order valence-electron chi connectivity index (χ1n) is 10.7. The van der Waals surface area contributed by atoms with Gasteiger partial charge in [0.15, 0.2) is 0 Å². The smallest absolute Gasteiger partial charge is 0.294 e. The number of hydrogen-bond acceptors (Lipinski definition) is 3. The predicted molar refractivity (Wildman–Crippen MR) is 133 cm³/mol. The molecule has 0 fully saturated rings. The van der Waals surface area contributed by atoms with Crippen molar-refractivity contribution in [3.8, 4) is 11.1 Å². The van der Waals surface area contributed by atoms with Crippen LogP contribution in [-0.2, 0) is 6.42 Å². The lowest BCUT2D eigenvalue weighted by Crippen LogP contribution is -2.10. The molecule has 7 heteroatoms. The standard InChI is InChI=1S/C26H21BrN4O2/c27-20-8-3-5-18(13-20)11-12-25(24-14-28-17-29-24)30-15-23(26(16-30)31(32)33)22-10-4-7-19-6-1-2-9-21(19)22/h1-10,13-17,25H,11-12H2,(H,28,29). The highest BCUT2D eigenvalue weighted by atomic mass is 79.9. The Balaban J connectivity index is 1.58. The van der Waals surface area contributed by atoms with Gasteiger partial charge in [0.05, 0.1) is 40.9 Å². The first-order chi connectivity index (χ1) is 16.1. The molecular weight excluding hydrogens is 480 g/mol. The molecule has 0 spiro atoms. The first kappa shape index (κ1) is 21.2. The van der Waals surface area contributed by atoms with Crippen molar-refractivity contribution in [3.05, 3.63) is 117 Å². The fourth-order valence-corrected chi connectivity index (χ4v) is 4.81. The van der Waals surface area contributed by atoms with Gasteiger partial charge in [0.2, 0.25) is 0 Å². The monoisotopic (exact) mass is 500 g/mol. The van der Waals surface area contributed by atoms with Crippen LogP contribution >= 0.6 is 15.9 Å². The van der Waals surface area contributed by atoms with E-state index >= 15 is 0 Å². The Morgan fingerprint density at radius 2 is 1.85 bits per heavy atom. The molecule has 0 aliphatic heterocycles. The summed E-state index contributed by atoms with van der Waals surface area (Å²) in [5, 5.41) is 14.1. The highest BCUT2D eigenvalue weighted by Crippen LogP contribution is 2.38. The van der Waals surface area contributed by atoms with E-state index in [9.17, 15) is 10.1 Å². The molecule has 0 saturated carbocycles. The zero-order chi connectivity index (χ0) is 22.8. The third-order valence-electron chi connectivity index (χ3n) is 5.94. The van der Waals surface area contributed by atoms with Gasteiger partial charge < -0.3 is 9.55 Å². The van der Waals surface area contributed by atoms with Crippen molar-refractivity contribution < 1.29 is 4.92 Å². The van der Waals surface area contributed by atoms with Gasteiger partial charge in [-0.1, -0.05) is 70.5 Å². The lowest BCUT2D eigenvalue weighted by molar-refractivity contribution is -0.384. The van der Waals surface area contributed by atoms with Gasteiger partial charge in [-0.2, -0.15) is 0 Å². The summed E-state index contributed by atoms with van der Waals surface area (Å²) >= 11 is 3.53. The number of imidazole rings is 1. The van der Waals surface area contributed by atoms with Crippen LogP contribution in [0.2, 0.25) is 0 Å². The number of H-pyrrole nitrogens is 1. The topological polar surface area (TPSA) is 76.8 Å². The minimum Gasteiger partial charge on any atom is -0.347 e. The molecule has 33 heavy (non-hydrogen) atoms. The highest BCUT2D eigenvalue weighted by molar-refractivity contribution is 9.10. The second-order valence-corrected chi connectivity index (χ2v) is 8.90. The number of benzene rings is 3. The molecule has 2 aromatic heterocycles. The van der Waals surface area contributed by atoms with E-state index in [2.05, 4.69) is 38.0 Å². The summed E-state index contributed by atoms with van der Waals surface area (Å²) in [4.78, 5) is 19.1. The summed E-state index contributed by atoms with van der Waals surface area (Å²) in [6.07, 6.45) is 8.55. The Hall–Kier alpha value is -3.71. The number of aromatic amines is 1. The Labute approximate surface area is 199 Å². The summed E-state index contributed by atoms with van der Waals surface area (Å²) in [5.74, 6) is 0. The molecule has 6 nitrogen and oxygen atoms in total. The minimum absolute atomic E-state index is 0.0957. The predicted octanol–water partition coefficient (Wildman–Crippen LogP) is 6.92. The molecule has 5 aromatic rings. The van der Waals surface area contributed by atoms with Crippen molar-refractivity contribution in [3.63, 3.8) is 0 Å². The maximum absolute atomic E-state index is 12.0. The second kappa shape index (κ2) is 9.03. The van der Waals surface area contributed by atoms with Crippen LogP contribution in [-0.4, -0.2) is 19.5 Å². The van der Waals surface area contributed by atoms with Crippen LogP contribution in [0.15, 0.2) is 96.1 Å². The van der Waals surface area contributed by atoms with E-state index < -0.39 is 0 Å². The zero-order valence-corrected chi connectivity index (χ0v) is 19.3. The Morgan fingerprint density at radius 1 is 1.03 bits per heavy atom. The maximum atomic E-state index is 12.0. The molecule has 0 bridgehead atoms. The normalized spacial score (nSPS) is 12.2. The minimum atomic E-state index is -0.300. The van der Waals surface area contributed by atoms with E-state index in [4.69, 9.17) is 0 Å². The molecule has 3 aromatic carbocycles. The number of nitro groups is 1. The van der Waals surface area contributed by atoms with Crippen molar-refractivity contribution >= 4 is 32.4 Å². The summed E-state index contributed by atoms with van der Waals surface area (Å²) in [6.45, 7) is 0. The third kappa shape index (κ3) is 4.32. The van der Waals surface area contributed by atoms with Gasteiger partial charge in [-0.3, -0.25) is 10.1 Å². The van der Waals surface area contributed by atoms with Crippen molar-refractivity contribution in [1.29, 1.82) is 0 Å². The van der Waals surface area contributed by atoms with Crippen molar-refractivity contribution in [1.82, 2.24) is 14.5 Å². The molecule has 5 rings (SSSR count). The summed E-state index contributed by atoms with van der Waals surface area (Å²) in [6, 6.07) is 22.0. The molecule has 2 heterocycles. The van der Waals surface area contributed by atoms with Gasteiger partial charge >= 0.3 is 0 Å². The number of hydrogen-bond donors (Lipinski definition) is 1. The molecule has 0 aliphatic carbocycles. The van der Waals surface area contributed by atoms with Crippen LogP contribution < -0.4 is 0 Å². The Morgan fingerprint density at radius 3 is 2.64 bits per heavy atom. The average Bonchev–Trinajstić information content (AvgIpc) is 3.50. The largest absolute Gasteiger partial charge is 0.347 e. The number of rotatable bonds is 7. The fourth-order valence-electron chi connectivity index (χ4n) is 4.37. The number of aromatic nitrogens is 3. The molecule has 0 saturated heterocycles. The van der Waals surface area contributed by atoms with E-state index in [1.807, 2.05) is 65.4 Å². The third-order valence-corrected chi connectivity index (χ3v) is 6.43. The Bertz CT molecular complexity index is 1420. The van der Waals surface area contributed by atoms with Crippen LogP contribution in [0.3, 0.4) is 0 Å². The molecule has 164 valence electrons. The number of fused-ring (bicyclic) bond motifs is 1. The molecule has 1 unspecified atom stereocenters. The van der Waals surface area contributed by atoms with Crippen molar-refractivity contribution in [2.24, 2.45) is 0 Å². The van der Waals surface area contributed by atoms with E-state index in [0.717, 1.165) is 39.3 Å². The molecular formula is C26H21BrN4O2. The van der Waals surface area contributed by atoms with Crippen LogP contribution in [0, 0.1) is 10.1 Å². The SMILES string of the molecule is O=[N+]([O-])c1cn(C(CCc2cccc(Br)c2)c2cnc[nH]2)cc1-c1cccc2ccccc12. The summed E-state index contributed by atoms with van der Waals surface area (Å²) in [7, 11) is 0. The zero-order valence-electron chi connectivity index (χ0n) is 17.7. The molecule has 0 aliphatic rings. The first-order valence-corrected chi connectivity index (χ1v) is 11.5. The van der Waals surface area contributed by atoms with Gasteiger partial charge in [-0.15, -0.1) is 0 Å². The average molecular weight is 501 g/mol. The number of halogens is 1. The van der Waals surface area contributed by atoms with Crippen LogP contribution in [0.4, 0.5) is 5.69 Å². The van der Waals surface area contributed by atoms with Gasteiger partial charge in [0, 0.05) is 10.7 Å². The quantitative estimate of drug-likeness (QED) is 0.194. The van der Waals surface area contributed by atoms with Crippen molar-refractivity contribution in [2.45, 2.75) is 18.9 Å². The van der Waals surface area contributed by atoms with E-state index in [1.165, 1.54) is 5.56 Å². The van der Waals surface area contributed by atoms with Gasteiger partial charge in [-0.05, 0) is 46.9 Å². The number of aryl methyl sites for hydroxylation is 1. The van der Waals surface area contributed by atoms with Gasteiger partial charge in [0.1, 0.15) is 0 Å². The number of nitrogens with one attached hydrogen (secondary N) is 1. The Kier molecular flexibility index (Phi) is 5.79. The molecule has 1 atom stereocenters. The molecule has 0 radical (unpaired) electrons. The second-order valence-electron chi connectivity index (χ2n) is 7.98. The lowest BCUT2D eigenvalue weighted by atomic mass is 9.99. The highest BCUT2D eigenvalue weighted by Gasteiger charge is 2.24. The van der Waals surface area contributed by atoms with E-state index in [1.54, 1.807) is 18.7 Å². The van der Waals surface area contributed by atoms with Crippen LogP contribution in [0.25, 0.3) is 21.9 Å². The van der Waals surface area contributed by atoms with E-state index in [0.29, 0.717) is 5.56 Å². The van der Waals surface area contributed by atoms with Crippen LogP contribution in [0.1, 0.15) is 23.7 Å². The van der Waals surface area contributed by atoms with Crippen LogP contribution in [0.5, 0.6) is 0 Å². The molecule has 0 amide bonds. The van der Waals surface area contributed by atoms with Crippen molar-refractivity contribution in [2.75, 3.05) is 0 Å². The van der Waals surface area contributed by atoms with Gasteiger partial charge in [0.25, 0.3) is 5.69 Å². The van der Waals surface area contributed by atoms with Gasteiger partial charge in [-0.25, -0.2) is 4.98 Å². The molecule has 1 N–H and O–H groups in total.